The molecule has 5 heteroatoms. The van der Waals surface area contributed by atoms with Gasteiger partial charge in [-0.1, -0.05) is 19.1 Å². The Labute approximate surface area is 122 Å². The van der Waals surface area contributed by atoms with Gasteiger partial charge in [-0.3, -0.25) is 9.59 Å². The van der Waals surface area contributed by atoms with Crippen molar-refractivity contribution in [3.05, 3.63) is 24.3 Å². The van der Waals surface area contributed by atoms with Crippen LogP contribution >= 0.6 is 11.8 Å². The first kappa shape index (κ1) is 14.9. The van der Waals surface area contributed by atoms with E-state index in [1.807, 2.05) is 31.2 Å². The van der Waals surface area contributed by atoms with Crippen LogP contribution in [0.4, 0.5) is 0 Å². The summed E-state index contributed by atoms with van der Waals surface area (Å²) in [5.74, 6) is -0.127. The number of carbonyl (C=O) groups excluding carboxylic acids is 2. The predicted molar refractivity (Wildman–Crippen MR) is 77.0 cm³/mol. The van der Waals surface area contributed by atoms with Gasteiger partial charge < -0.3 is 9.47 Å². The Morgan fingerprint density at radius 1 is 1.40 bits per heavy atom. The molecule has 20 heavy (non-hydrogen) atoms. The zero-order chi connectivity index (χ0) is 14.5. The monoisotopic (exact) mass is 294 g/mol. The SMILES string of the molecule is CCOC(=O)C(CC)C(=O)C1CSc2ccccc2O1. The molecule has 4 nitrogen and oxygen atoms in total. The van der Waals surface area contributed by atoms with Gasteiger partial charge in [-0.2, -0.15) is 0 Å². The van der Waals surface area contributed by atoms with Gasteiger partial charge in [-0.05, 0) is 25.5 Å². The van der Waals surface area contributed by atoms with Crippen molar-refractivity contribution in [2.24, 2.45) is 5.92 Å². The summed E-state index contributed by atoms with van der Waals surface area (Å²) in [6.45, 7) is 3.83. The lowest BCUT2D eigenvalue weighted by Crippen LogP contribution is -2.40. The van der Waals surface area contributed by atoms with Gasteiger partial charge in [-0.15, -0.1) is 11.8 Å². The van der Waals surface area contributed by atoms with Gasteiger partial charge in [0, 0.05) is 10.6 Å². The van der Waals surface area contributed by atoms with Crippen LogP contribution in [-0.4, -0.2) is 30.2 Å². The highest BCUT2D eigenvalue weighted by Gasteiger charge is 2.35. The molecule has 0 N–H and O–H groups in total. The Kier molecular flexibility index (Phi) is 5.06. The first-order valence-corrected chi connectivity index (χ1v) is 7.74. The van der Waals surface area contributed by atoms with Crippen LogP contribution in [0.25, 0.3) is 0 Å². The van der Waals surface area contributed by atoms with E-state index in [1.54, 1.807) is 18.7 Å². The smallest absolute Gasteiger partial charge is 0.316 e. The second-order valence-corrected chi connectivity index (χ2v) is 5.54. The van der Waals surface area contributed by atoms with Crippen LogP contribution in [0.3, 0.4) is 0 Å². The lowest BCUT2D eigenvalue weighted by atomic mass is 9.97. The number of rotatable bonds is 5. The van der Waals surface area contributed by atoms with Gasteiger partial charge in [-0.25, -0.2) is 0 Å². The molecule has 0 radical (unpaired) electrons. The highest BCUT2D eigenvalue weighted by atomic mass is 32.2. The molecule has 108 valence electrons. The Bertz CT molecular complexity index is 500. The van der Waals surface area contributed by atoms with Gasteiger partial charge >= 0.3 is 5.97 Å². The third kappa shape index (κ3) is 3.15. The maximum Gasteiger partial charge on any atom is 0.316 e. The van der Waals surface area contributed by atoms with E-state index in [4.69, 9.17) is 9.47 Å². The molecule has 1 heterocycles. The average Bonchev–Trinajstić information content (AvgIpc) is 2.47. The number of hydrogen-bond acceptors (Lipinski definition) is 5. The molecule has 0 aliphatic carbocycles. The summed E-state index contributed by atoms with van der Waals surface area (Å²) < 4.78 is 10.7. The summed E-state index contributed by atoms with van der Waals surface area (Å²) in [4.78, 5) is 25.2. The highest BCUT2D eigenvalue weighted by Crippen LogP contribution is 2.35. The maximum absolute atomic E-state index is 12.4. The number of ether oxygens (including phenoxy) is 2. The van der Waals surface area contributed by atoms with Crippen LogP contribution < -0.4 is 4.74 Å². The first-order chi connectivity index (χ1) is 9.67. The average molecular weight is 294 g/mol. The van der Waals surface area contributed by atoms with E-state index in [1.165, 1.54) is 0 Å². The van der Waals surface area contributed by atoms with E-state index >= 15 is 0 Å². The molecule has 0 amide bonds. The second-order valence-electron chi connectivity index (χ2n) is 4.48. The molecule has 1 aliphatic heterocycles. The normalized spacial score (nSPS) is 18.6. The fourth-order valence-corrected chi connectivity index (χ4v) is 3.11. The van der Waals surface area contributed by atoms with E-state index in [0.29, 0.717) is 17.9 Å². The zero-order valence-corrected chi connectivity index (χ0v) is 12.4. The second kappa shape index (κ2) is 6.79. The summed E-state index contributed by atoms with van der Waals surface area (Å²) in [6.07, 6.45) is -0.145. The Balaban J connectivity index is 2.08. The molecule has 2 atom stereocenters. The van der Waals surface area contributed by atoms with Crippen LogP contribution in [-0.2, 0) is 14.3 Å². The number of para-hydroxylation sites is 1. The zero-order valence-electron chi connectivity index (χ0n) is 11.6. The summed E-state index contributed by atoms with van der Waals surface area (Å²) in [5.41, 5.74) is 0. The van der Waals surface area contributed by atoms with Crippen LogP contribution in [0.5, 0.6) is 5.75 Å². The molecule has 0 fully saturated rings. The van der Waals surface area contributed by atoms with Gasteiger partial charge in [0.15, 0.2) is 11.9 Å². The van der Waals surface area contributed by atoms with Crippen molar-refractivity contribution in [3.63, 3.8) is 0 Å². The van der Waals surface area contributed by atoms with Crippen molar-refractivity contribution < 1.29 is 19.1 Å². The van der Waals surface area contributed by atoms with Crippen LogP contribution in [0.2, 0.25) is 0 Å². The topological polar surface area (TPSA) is 52.6 Å². The van der Waals surface area contributed by atoms with Crippen LogP contribution in [0.15, 0.2) is 29.2 Å². The van der Waals surface area contributed by atoms with Crippen molar-refractivity contribution in [1.82, 2.24) is 0 Å². The molecule has 0 aromatic heterocycles. The molecular weight excluding hydrogens is 276 g/mol. The van der Waals surface area contributed by atoms with Crippen molar-refractivity contribution in [1.29, 1.82) is 0 Å². The number of fused-ring (bicyclic) bond motifs is 1. The highest BCUT2D eigenvalue weighted by molar-refractivity contribution is 7.99. The number of benzene rings is 1. The first-order valence-electron chi connectivity index (χ1n) is 6.76. The number of esters is 1. The molecule has 0 spiro atoms. The van der Waals surface area contributed by atoms with Crippen molar-refractivity contribution >= 4 is 23.5 Å². The van der Waals surface area contributed by atoms with E-state index in [-0.39, 0.29) is 12.4 Å². The minimum Gasteiger partial charge on any atom is -0.481 e. The molecule has 1 aliphatic rings. The molecule has 0 bridgehead atoms. The molecule has 1 aromatic carbocycles. The third-order valence-corrected chi connectivity index (χ3v) is 4.27. The van der Waals surface area contributed by atoms with E-state index in [2.05, 4.69) is 0 Å². The third-order valence-electron chi connectivity index (χ3n) is 3.15. The number of carbonyl (C=O) groups is 2. The molecular formula is C15H18O4S. The summed E-state index contributed by atoms with van der Waals surface area (Å²) in [5, 5.41) is 0. The molecule has 0 saturated carbocycles. The summed E-state index contributed by atoms with van der Waals surface area (Å²) in [7, 11) is 0. The Morgan fingerprint density at radius 2 is 2.15 bits per heavy atom. The van der Waals surface area contributed by atoms with E-state index in [0.717, 1.165) is 4.90 Å². The minimum atomic E-state index is -0.731. The van der Waals surface area contributed by atoms with Gasteiger partial charge in [0.1, 0.15) is 11.7 Å². The van der Waals surface area contributed by atoms with E-state index in [9.17, 15) is 9.59 Å². The standard InChI is InChI=1S/C15H18O4S/c1-3-10(15(17)18-4-2)14(16)12-9-20-13-8-6-5-7-11(13)19-12/h5-8,10,12H,3-4,9H2,1-2H3. The van der Waals surface area contributed by atoms with Gasteiger partial charge in [0.05, 0.1) is 6.61 Å². The largest absolute Gasteiger partial charge is 0.481 e. The summed E-state index contributed by atoms with van der Waals surface area (Å²) >= 11 is 1.58. The quantitative estimate of drug-likeness (QED) is 0.617. The van der Waals surface area contributed by atoms with Crippen molar-refractivity contribution in [2.45, 2.75) is 31.3 Å². The molecule has 2 unspecified atom stereocenters. The number of thioether (sulfide) groups is 1. The fourth-order valence-electron chi connectivity index (χ4n) is 2.11. The number of ketones is 1. The van der Waals surface area contributed by atoms with Crippen molar-refractivity contribution in [3.8, 4) is 5.75 Å². The van der Waals surface area contributed by atoms with Crippen molar-refractivity contribution in [2.75, 3.05) is 12.4 Å². The Hall–Kier alpha value is -1.49. The maximum atomic E-state index is 12.4. The molecule has 1 aromatic rings. The minimum absolute atomic E-state index is 0.187. The van der Waals surface area contributed by atoms with E-state index < -0.39 is 18.0 Å². The fraction of sp³-hybridized carbons (Fsp3) is 0.467. The lowest BCUT2D eigenvalue weighted by molar-refractivity contribution is -0.153. The van der Waals surface area contributed by atoms with Crippen LogP contribution in [0, 0.1) is 5.92 Å². The lowest BCUT2D eigenvalue weighted by Gasteiger charge is -2.26. The summed E-state index contributed by atoms with van der Waals surface area (Å²) in [6, 6.07) is 7.61. The predicted octanol–water partition coefficient (Wildman–Crippen LogP) is 2.70. The molecule has 2 rings (SSSR count). The number of hydrogen-bond donors (Lipinski definition) is 0. The molecule has 0 saturated heterocycles. The van der Waals surface area contributed by atoms with Gasteiger partial charge in [0.25, 0.3) is 0 Å². The Morgan fingerprint density at radius 3 is 2.85 bits per heavy atom. The van der Waals surface area contributed by atoms with Crippen LogP contribution in [0.1, 0.15) is 20.3 Å². The number of Topliss-reactive ketones (excluding diaryl/α,β-unsaturated/α-hetero) is 1. The van der Waals surface area contributed by atoms with Gasteiger partial charge in [0.2, 0.25) is 0 Å².